The molecular formula is C13H25N. The Balaban J connectivity index is 1.74. The predicted molar refractivity (Wildman–Crippen MR) is 61.4 cm³/mol. The molecule has 0 aromatic carbocycles. The highest BCUT2D eigenvalue weighted by Crippen LogP contribution is 2.28. The minimum atomic E-state index is 0.842. The van der Waals surface area contributed by atoms with Crippen molar-refractivity contribution in [1.29, 1.82) is 0 Å². The molecule has 4 unspecified atom stereocenters. The molecule has 2 aliphatic rings. The van der Waals surface area contributed by atoms with Gasteiger partial charge in [-0.15, -0.1) is 0 Å². The minimum Gasteiger partial charge on any atom is -0.311 e. The highest BCUT2D eigenvalue weighted by atomic mass is 15.0. The zero-order chi connectivity index (χ0) is 9.97. The first-order valence-electron chi connectivity index (χ1n) is 6.50. The summed E-state index contributed by atoms with van der Waals surface area (Å²) in [6.07, 6.45) is 10.0. The molecule has 14 heavy (non-hydrogen) atoms. The first-order valence-corrected chi connectivity index (χ1v) is 6.50. The van der Waals surface area contributed by atoms with Crippen molar-refractivity contribution in [3.8, 4) is 0 Å². The highest BCUT2D eigenvalue weighted by Gasteiger charge is 2.25. The molecule has 82 valence electrons. The second-order valence-corrected chi connectivity index (χ2v) is 5.75. The van der Waals surface area contributed by atoms with Gasteiger partial charge >= 0.3 is 0 Å². The summed E-state index contributed by atoms with van der Waals surface area (Å²) in [5.41, 5.74) is 0. The third-order valence-electron chi connectivity index (χ3n) is 4.10. The Bertz CT molecular complexity index is 178. The minimum absolute atomic E-state index is 0.842. The van der Waals surface area contributed by atoms with Crippen molar-refractivity contribution in [3.63, 3.8) is 0 Å². The van der Waals surface area contributed by atoms with Crippen LogP contribution in [0.15, 0.2) is 0 Å². The number of hydrogen-bond acceptors (Lipinski definition) is 1. The monoisotopic (exact) mass is 195 g/mol. The Kier molecular flexibility index (Phi) is 3.48. The van der Waals surface area contributed by atoms with E-state index in [0.29, 0.717) is 0 Å². The van der Waals surface area contributed by atoms with Crippen molar-refractivity contribution in [2.75, 3.05) is 0 Å². The van der Waals surface area contributed by atoms with Gasteiger partial charge < -0.3 is 5.32 Å². The molecule has 0 heterocycles. The van der Waals surface area contributed by atoms with E-state index in [4.69, 9.17) is 0 Å². The maximum absolute atomic E-state index is 3.88. The van der Waals surface area contributed by atoms with E-state index < -0.39 is 0 Å². The molecular weight excluding hydrogens is 170 g/mol. The van der Waals surface area contributed by atoms with Gasteiger partial charge in [0.1, 0.15) is 0 Å². The van der Waals surface area contributed by atoms with Crippen molar-refractivity contribution < 1.29 is 0 Å². The molecule has 2 rings (SSSR count). The molecule has 0 saturated heterocycles. The van der Waals surface area contributed by atoms with E-state index >= 15 is 0 Å². The fraction of sp³-hybridized carbons (Fsp3) is 1.00. The summed E-state index contributed by atoms with van der Waals surface area (Å²) in [5, 5.41) is 3.88. The molecule has 2 aliphatic carbocycles. The first-order chi connectivity index (χ1) is 6.74. The first kappa shape index (κ1) is 10.5. The Hall–Kier alpha value is -0.0400. The zero-order valence-electron chi connectivity index (χ0n) is 9.76. The molecule has 0 aromatic heterocycles. The Morgan fingerprint density at radius 1 is 0.786 bits per heavy atom. The van der Waals surface area contributed by atoms with Gasteiger partial charge in [0.15, 0.2) is 0 Å². The van der Waals surface area contributed by atoms with E-state index in [1.54, 1.807) is 0 Å². The summed E-state index contributed by atoms with van der Waals surface area (Å²) in [4.78, 5) is 0. The molecule has 0 aliphatic heterocycles. The number of hydrogen-bond donors (Lipinski definition) is 1. The second kappa shape index (κ2) is 4.65. The van der Waals surface area contributed by atoms with E-state index in [1.165, 1.54) is 44.9 Å². The molecule has 0 aromatic rings. The maximum atomic E-state index is 3.88. The lowest BCUT2D eigenvalue weighted by Crippen LogP contribution is -2.39. The standard InChI is InChI=1S/C13H25N/c1-10-4-3-5-12(8-10)14-13-7-6-11(2)9-13/h10-14H,3-9H2,1-2H3. The van der Waals surface area contributed by atoms with Crippen LogP contribution in [0.2, 0.25) is 0 Å². The van der Waals surface area contributed by atoms with Gasteiger partial charge in [-0.1, -0.05) is 26.7 Å². The third kappa shape index (κ3) is 2.73. The molecule has 1 N–H and O–H groups in total. The smallest absolute Gasteiger partial charge is 0.00722 e. The van der Waals surface area contributed by atoms with Gasteiger partial charge in [-0.25, -0.2) is 0 Å². The summed E-state index contributed by atoms with van der Waals surface area (Å²) in [6.45, 7) is 4.80. The molecule has 1 heteroatoms. The normalized spacial score (nSPS) is 44.1. The van der Waals surface area contributed by atoms with Crippen molar-refractivity contribution in [2.45, 2.75) is 70.9 Å². The van der Waals surface area contributed by atoms with Gasteiger partial charge in [-0.2, -0.15) is 0 Å². The van der Waals surface area contributed by atoms with E-state index in [9.17, 15) is 0 Å². The van der Waals surface area contributed by atoms with Gasteiger partial charge in [0.25, 0.3) is 0 Å². The predicted octanol–water partition coefficient (Wildman–Crippen LogP) is 3.34. The molecule has 0 amide bonds. The fourth-order valence-electron chi connectivity index (χ4n) is 3.28. The molecule has 2 fully saturated rings. The molecule has 1 nitrogen and oxygen atoms in total. The van der Waals surface area contributed by atoms with E-state index in [0.717, 1.165) is 23.9 Å². The maximum Gasteiger partial charge on any atom is 0.00722 e. The zero-order valence-corrected chi connectivity index (χ0v) is 9.76. The van der Waals surface area contributed by atoms with Crippen LogP contribution in [0, 0.1) is 11.8 Å². The Morgan fingerprint density at radius 3 is 2.07 bits per heavy atom. The fourth-order valence-corrected chi connectivity index (χ4v) is 3.28. The topological polar surface area (TPSA) is 12.0 Å². The van der Waals surface area contributed by atoms with Crippen LogP contribution in [0.4, 0.5) is 0 Å². The largest absolute Gasteiger partial charge is 0.311 e. The summed E-state index contributed by atoms with van der Waals surface area (Å²) in [5.74, 6) is 1.92. The van der Waals surface area contributed by atoms with Crippen LogP contribution in [0.3, 0.4) is 0 Å². The van der Waals surface area contributed by atoms with Crippen LogP contribution in [0.1, 0.15) is 58.8 Å². The highest BCUT2D eigenvalue weighted by molar-refractivity contribution is 4.84. The molecule has 4 atom stereocenters. The van der Waals surface area contributed by atoms with Crippen molar-refractivity contribution in [2.24, 2.45) is 11.8 Å². The van der Waals surface area contributed by atoms with Crippen molar-refractivity contribution in [3.05, 3.63) is 0 Å². The molecule has 0 spiro atoms. The van der Waals surface area contributed by atoms with Gasteiger partial charge in [0, 0.05) is 12.1 Å². The summed E-state index contributed by atoms with van der Waals surface area (Å²) >= 11 is 0. The van der Waals surface area contributed by atoms with E-state index in [2.05, 4.69) is 19.2 Å². The van der Waals surface area contributed by atoms with Crippen LogP contribution in [0.5, 0.6) is 0 Å². The number of rotatable bonds is 2. The second-order valence-electron chi connectivity index (χ2n) is 5.75. The lowest BCUT2D eigenvalue weighted by Gasteiger charge is -2.30. The summed E-state index contributed by atoms with van der Waals surface area (Å²) in [7, 11) is 0. The quantitative estimate of drug-likeness (QED) is 0.712. The van der Waals surface area contributed by atoms with Gasteiger partial charge in [-0.05, 0) is 43.9 Å². The van der Waals surface area contributed by atoms with Crippen LogP contribution in [-0.4, -0.2) is 12.1 Å². The van der Waals surface area contributed by atoms with Crippen LogP contribution < -0.4 is 5.32 Å². The third-order valence-corrected chi connectivity index (χ3v) is 4.10. The Morgan fingerprint density at radius 2 is 1.43 bits per heavy atom. The SMILES string of the molecule is CC1CCCC(NC2CCC(C)C2)C1. The average Bonchev–Trinajstić information content (AvgIpc) is 2.51. The average molecular weight is 195 g/mol. The van der Waals surface area contributed by atoms with Crippen LogP contribution in [0.25, 0.3) is 0 Å². The lowest BCUT2D eigenvalue weighted by atomic mass is 9.86. The van der Waals surface area contributed by atoms with Crippen molar-refractivity contribution >= 4 is 0 Å². The summed E-state index contributed by atoms with van der Waals surface area (Å²) in [6, 6.07) is 1.69. The van der Waals surface area contributed by atoms with E-state index in [-0.39, 0.29) is 0 Å². The lowest BCUT2D eigenvalue weighted by molar-refractivity contribution is 0.279. The summed E-state index contributed by atoms with van der Waals surface area (Å²) < 4.78 is 0. The van der Waals surface area contributed by atoms with E-state index in [1.807, 2.05) is 0 Å². The van der Waals surface area contributed by atoms with Crippen LogP contribution >= 0.6 is 0 Å². The molecule has 0 radical (unpaired) electrons. The van der Waals surface area contributed by atoms with Gasteiger partial charge in [0.2, 0.25) is 0 Å². The Labute approximate surface area is 88.7 Å². The van der Waals surface area contributed by atoms with Gasteiger partial charge in [0.05, 0.1) is 0 Å². The molecule has 0 bridgehead atoms. The van der Waals surface area contributed by atoms with Gasteiger partial charge in [-0.3, -0.25) is 0 Å². The van der Waals surface area contributed by atoms with Crippen molar-refractivity contribution in [1.82, 2.24) is 5.32 Å². The number of nitrogens with one attached hydrogen (secondary N) is 1. The molecule has 2 saturated carbocycles. The van der Waals surface area contributed by atoms with Crippen LogP contribution in [-0.2, 0) is 0 Å².